The normalized spacial score (nSPS) is 26.3. The number of nitrogens with zero attached hydrogens (tertiary/aromatic N) is 4. The second-order valence-electron chi connectivity index (χ2n) is 6.86. The van der Waals surface area contributed by atoms with E-state index in [9.17, 15) is 12.8 Å². The first-order valence-electron chi connectivity index (χ1n) is 8.14. The van der Waals surface area contributed by atoms with E-state index in [0.717, 1.165) is 18.5 Å². The predicted molar refractivity (Wildman–Crippen MR) is 86.1 cm³/mol. The summed E-state index contributed by atoms with van der Waals surface area (Å²) in [5.74, 6) is 0.558. The fourth-order valence-electron chi connectivity index (χ4n) is 3.19. The summed E-state index contributed by atoms with van der Waals surface area (Å²) in [5.41, 5.74) is 1.01. The van der Waals surface area contributed by atoms with Crippen molar-refractivity contribution in [1.29, 1.82) is 0 Å². The Morgan fingerprint density at radius 2 is 2.17 bits per heavy atom. The monoisotopic (exact) mass is 344 g/mol. The Hall–Kier alpha value is -0.990. The number of likely N-dealkylation sites (N-methyl/N-ethyl adjacent to an activating group) is 1. The molecular formula is C15H25FN4O2S. The second-order valence-corrected chi connectivity index (χ2v) is 8.99. The minimum atomic E-state index is -3.23. The number of halogens is 1. The van der Waals surface area contributed by atoms with E-state index in [1.807, 2.05) is 18.0 Å². The largest absolute Gasteiger partial charge is 0.290 e. The van der Waals surface area contributed by atoms with Crippen molar-refractivity contribution in [1.82, 2.24) is 19.0 Å². The lowest BCUT2D eigenvalue weighted by atomic mass is 10.2. The van der Waals surface area contributed by atoms with E-state index in [2.05, 4.69) is 5.10 Å². The summed E-state index contributed by atoms with van der Waals surface area (Å²) >= 11 is 0. The molecule has 0 unspecified atom stereocenters. The summed E-state index contributed by atoms with van der Waals surface area (Å²) in [5, 5.41) is 4.13. The maximum atomic E-state index is 13.9. The van der Waals surface area contributed by atoms with Crippen LogP contribution in [0.2, 0.25) is 0 Å². The van der Waals surface area contributed by atoms with Crippen molar-refractivity contribution in [3.63, 3.8) is 0 Å². The molecular weight excluding hydrogens is 319 g/mol. The molecule has 2 aliphatic rings. The van der Waals surface area contributed by atoms with Gasteiger partial charge in [0.1, 0.15) is 6.17 Å². The van der Waals surface area contributed by atoms with Crippen molar-refractivity contribution in [3.8, 4) is 0 Å². The summed E-state index contributed by atoms with van der Waals surface area (Å²) < 4.78 is 41.7. The molecule has 0 spiro atoms. The standard InChI is InChI=1S/C15H25FN4O2S/c1-18(23(21,22)11-12-3-4-12)9-15-7-13(16)8-20(15)10-14-5-6-17-19(14)2/h5-6,12-13,15H,3-4,7-11H2,1-2H3/t13-,15-/m0/s1. The lowest BCUT2D eigenvalue weighted by Gasteiger charge is -2.28. The molecule has 8 heteroatoms. The van der Waals surface area contributed by atoms with Crippen molar-refractivity contribution >= 4 is 10.0 Å². The van der Waals surface area contributed by atoms with E-state index in [0.29, 0.717) is 32.0 Å². The molecule has 130 valence electrons. The molecule has 2 heterocycles. The molecule has 1 aliphatic heterocycles. The molecule has 0 N–H and O–H groups in total. The van der Waals surface area contributed by atoms with E-state index in [1.165, 1.54) is 4.31 Å². The van der Waals surface area contributed by atoms with Gasteiger partial charge in [0.25, 0.3) is 0 Å². The number of hydrogen-bond acceptors (Lipinski definition) is 4. The third-order valence-electron chi connectivity index (χ3n) is 4.85. The topological polar surface area (TPSA) is 58.4 Å². The first-order valence-corrected chi connectivity index (χ1v) is 9.75. The van der Waals surface area contributed by atoms with Crippen LogP contribution in [0.5, 0.6) is 0 Å². The number of likely N-dealkylation sites (tertiary alicyclic amines) is 1. The molecule has 1 saturated carbocycles. The average Bonchev–Trinajstić information content (AvgIpc) is 3.07. The Morgan fingerprint density at radius 1 is 1.43 bits per heavy atom. The van der Waals surface area contributed by atoms with E-state index in [4.69, 9.17) is 0 Å². The van der Waals surface area contributed by atoms with E-state index >= 15 is 0 Å². The molecule has 0 bridgehead atoms. The number of aromatic nitrogens is 2. The number of hydrogen-bond donors (Lipinski definition) is 0. The lowest BCUT2D eigenvalue weighted by molar-refractivity contribution is 0.209. The Labute approximate surface area is 137 Å². The van der Waals surface area contributed by atoms with Gasteiger partial charge < -0.3 is 0 Å². The average molecular weight is 344 g/mol. The van der Waals surface area contributed by atoms with Gasteiger partial charge >= 0.3 is 0 Å². The Kier molecular flexibility index (Phi) is 4.75. The van der Waals surface area contributed by atoms with Gasteiger partial charge in [-0.2, -0.15) is 5.10 Å². The molecule has 1 aromatic heterocycles. The van der Waals surface area contributed by atoms with Gasteiger partial charge in [0.2, 0.25) is 10.0 Å². The van der Waals surface area contributed by atoms with Crippen LogP contribution in [0.1, 0.15) is 25.0 Å². The van der Waals surface area contributed by atoms with E-state index < -0.39 is 16.2 Å². The third kappa shape index (κ3) is 4.10. The van der Waals surface area contributed by atoms with Crippen LogP contribution in [0, 0.1) is 5.92 Å². The number of sulfonamides is 1. The highest BCUT2D eigenvalue weighted by Crippen LogP contribution is 2.31. The molecule has 2 atom stereocenters. The van der Waals surface area contributed by atoms with Crippen molar-refractivity contribution in [2.45, 2.75) is 38.0 Å². The SMILES string of the molecule is CN(C[C@@H]1C[C@H](F)CN1Cc1ccnn1C)S(=O)(=O)CC1CC1. The van der Waals surface area contributed by atoms with Gasteiger partial charge in [-0.15, -0.1) is 0 Å². The maximum Gasteiger partial charge on any atom is 0.214 e. The molecule has 6 nitrogen and oxygen atoms in total. The smallest absolute Gasteiger partial charge is 0.214 e. The van der Waals surface area contributed by atoms with Gasteiger partial charge in [0, 0.05) is 46.0 Å². The van der Waals surface area contributed by atoms with Crippen LogP contribution in [-0.2, 0) is 23.6 Å². The molecule has 23 heavy (non-hydrogen) atoms. The Morgan fingerprint density at radius 3 is 2.78 bits per heavy atom. The van der Waals surface area contributed by atoms with Gasteiger partial charge in [-0.25, -0.2) is 17.1 Å². The van der Waals surface area contributed by atoms with Crippen molar-refractivity contribution < 1.29 is 12.8 Å². The van der Waals surface area contributed by atoms with Crippen LogP contribution >= 0.6 is 0 Å². The maximum absolute atomic E-state index is 13.9. The van der Waals surface area contributed by atoms with Crippen LogP contribution < -0.4 is 0 Å². The first-order chi connectivity index (χ1) is 10.8. The molecule has 3 rings (SSSR count). The van der Waals surface area contributed by atoms with E-state index in [-0.39, 0.29) is 11.8 Å². The summed E-state index contributed by atoms with van der Waals surface area (Å²) in [4.78, 5) is 2.03. The minimum Gasteiger partial charge on any atom is -0.290 e. The number of aryl methyl sites for hydroxylation is 1. The van der Waals surface area contributed by atoms with Gasteiger partial charge in [0.05, 0.1) is 11.4 Å². The summed E-state index contributed by atoms with van der Waals surface area (Å²) in [6.45, 7) is 1.30. The van der Waals surface area contributed by atoms with Gasteiger partial charge in [-0.05, 0) is 31.2 Å². The highest BCUT2D eigenvalue weighted by atomic mass is 32.2. The second kappa shape index (κ2) is 6.49. The zero-order valence-corrected chi connectivity index (χ0v) is 14.5. The van der Waals surface area contributed by atoms with E-state index in [1.54, 1.807) is 17.9 Å². The molecule has 0 aromatic carbocycles. The molecule has 1 saturated heterocycles. The van der Waals surface area contributed by atoms with Crippen LogP contribution in [0.15, 0.2) is 12.3 Å². The zero-order valence-electron chi connectivity index (χ0n) is 13.7. The Balaban J connectivity index is 1.63. The Bertz CT molecular complexity index is 644. The molecule has 0 amide bonds. The molecule has 1 aliphatic carbocycles. The number of alkyl halides is 1. The fourth-order valence-corrected chi connectivity index (χ4v) is 4.77. The fraction of sp³-hybridized carbons (Fsp3) is 0.800. The summed E-state index contributed by atoms with van der Waals surface area (Å²) in [6.07, 6.45) is 3.24. The lowest BCUT2D eigenvalue weighted by Crippen LogP contribution is -2.42. The number of rotatable bonds is 7. The highest BCUT2D eigenvalue weighted by molar-refractivity contribution is 7.89. The molecule has 1 aromatic rings. The van der Waals surface area contributed by atoms with Crippen LogP contribution in [0.4, 0.5) is 4.39 Å². The van der Waals surface area contributed by atoms with Crippen LogP contribution in [-0.4, -0.2) is 65.5 Å². The van der Waals surface area contributed by atoms with Crippen LogP contribution in [0.25, 0.3) is 0 Å². The van der Waals surface area contributed by atoms with Crippen molar-refractivity contribution in [2.24, 2.45) is 13.0 Å². The summed E-state index contributed by atoms with van der Waals surface area (Å²) in [7, 11) is 0.248. The highest BCUT2D eigenvalue weighted by Gasteiger charge is 2.36. The van der Waals surface area contributed by atoms with Gasteiger partial charge in [-0.1, -0.05) is 0 Å². The molecule has 2 fully saturated rings. The quantitative estimate of drug-likeness (QED) is 0.741. The summed E-state index contributed by atoms with van der Waals surface area (Å²) in [6, 6.07) is 1.83. The van der Waals surface area contributed by atoms with Gasteiger partial charge in [-0.3, -0.25) is 9.58 Å². The van der Waals surface area contributed by atoms with Crippen molar-refractivity contribution in [3.05, 3.63) is 18.0 Å². The minimum absolute atomic E-state index is 0.0844. The predicted octanol–water partition coefficient (Wildman–Crippen LogP) is 1.00. The third-order valence-corrected chi connectivity index (χ3v) is 6.84. The molecule has 0 radical (unpaired) electrons. The van der Waals surface area contributed by atoms with Crippen LogP contribution in [0.3, 0.4) is 0 Å². The van der Waals surface area contributed by atoms with Crippen molar-refractivity contribution in [2.75, 3.05) is 25.9 Å². The van der Waals surface area contributed by atoms with Gasteiger partial charge in [0.15, 0.2) is 0 Å². The first kappa shape index (κ1) is 16.9. The zero-order chi connectivity index (χ0) is 16.6.